The van der Waals surface area contributed by atoms with Gasteiger partial charge in [0.2, 0.25) is 0 Å². The van der Waals surface area contributed by atoms with Crippen LogP contribution in [0.25, 0.3) is 0 Å². The molecular formula is C15H26N2O. The van der Waals surface area contributed by atoms with Crippen LogP contribution in [0.2, 0.25) is 0 Å². The summed E-state index contributed by atoms with van der Waals surface area (Å²) in [6, 6.07) is 8.81. The quantitative estimate of drug-likeness (QED) is 0.782. The first-order chi connectivity index (χ1) is 8.61. The second-order valence-corrected chi connectivity index (χ2v) is 4.94. The third-order valence-electron chi connectivity index (χ3n) is 3.27. The molecule has 18 heavy (non-hydrogen) atoms. The number of rotatable bonds is 7. The van der Waals surface area contributed by atoms with E-state index in [1.807, 2.05) is 6.07 Å². The molecular weight excluding hydrogens is 224 g/mol. The van der Waals surface area contributed by atoms with Crippen molar-refractivity contribution in [1.82, 2.24) is 0 Å². The molecule has 0 bridgehead atoms. The Kier molecular flexibility index (Phi) is 6.16. The number of anilines is 1. The summed E-state index contributed by atoms with van der Waals surface area (Å²) < 4.78 is 0. The molecule has 0 radical (unpaired) electrons. The van der Waals surface area contributed by atoms with Crippen molar-refractivity contribution in [3.63, 3.8) is 0 Å². The fourth-order valence-electron chi connectivity index (χ4n) is 2.18. The molecule has 3 nitrogen and oxygen atoms in total. The SMILES string of the molecule is CC[C@H](N)c1ccccc1N(CCCO)C(C)C. The zero-order valence-electron chi connectivity index (χ0n) is 11.8. The van der Waals surface area contributed by atoms with Crippen LogP contribution in [0, 0.1) is 0 Å². The predicted octanol–water partition coefficient (Wildman–Crippen LogP) is 2.69. The Labute approximate surface area is 111 Å². The monoisotopic (exact) mass is 250 g/mol. The number of aliphatic hydroxyl groups is 1. The van der Waals surface area contributed by atoms with Crippen molar-refractivity contribution < 1.29 is 5.11 Å². The predicted molar refractivity (Wildman–Crippen MR) is 77.8 cm³/mol. The van der Waals surface area contributed by atoms with Crippen molar-refractivity contribution in [2.45, 2.75) is 45.7 Å². The Bertz CT molecular complexity index is 352. The van der Waals surface area contributed by atoms with Crippen LogP contribution in [0.4, 0.5) is 5.69 Å². The van der Waals surface area contributed by atoms with Gasteiger partial charge in [-0.3, -0.25) is 0 Å². The van der Waals surface area contributed by atoms with Gasteiger partial charge in [-0.15, -0.1) is 0 Å². The standard InChI is InChI=1S/C15H26N2O/c1-4-14(16)13-8-5-6-9-15(13)17(12(2)3)10-7-11-18/h5-6,8-9,12,14,18H,4,7,10-11,16H2,1-3H3/t14-/m0/s1. The molecule has 0 aromatic heterocycles. The summed E-state index contributed by atoms with van der Waals surface area (Å²) in [6.07, 6.45) is 1.72. The van der Waals surface area contributed by atoms with Gasteiger partial charge in [-0.05, 0) is 38.3 Å². The lowest BCUT2D eigenvalue weighted by molar-refractivity contribution is 0.288. The van der Waals surface area contributed by atoms with Crippen molar-refractivity contribution in [2.75, 3.05) is 18.1 Å². The maximum atomic E-state index is 9.02. The lowest BCUT2D eigenvalue weighted by atomic mass is 10.0. The molecule has 1 aromatic rings. The smallest absolute Gasteiger partial charge is 0.0447 e. The summed E-state index contributed by atoms with van der Waals surface area (Å²) in [5.41, 5.74) is 8.59. The van der Waals surface area contributed by atoms with E-state index in [0.717, 1.165) is 19.4 Å². The molecule has 1 aromatic carbocycles. The average molecular weight is 250 g/mol. The van der Waals surface area contributed by atoms with E-state index in [1.54, 1.807) is 0 Å². The summed E-state index contributed by atoms with van der Waals surface area (Å²) in [6.45, 7) is 7.54. The van der Waals surface area contributed by atoms with Gasteiger partial charge in [0, 0.05) is 30.9 Å². The van der Waals surface area contributed by atoms with Crippen molar-refractivity contribution in [3.05, 3.63) is 29.8 Å². The van der Waals surface area contributed by atoms with Crippen LogP contribution in [0.1, 0.15) is 45.2 Å². The molecule has 0 heterocycles. The van der Waals surface area contributed by atoms with Gasteiger partial charge in [0.25, 0.3) is 0 Å². The van der Waals surface area contributed by atoms with E-state index in [9.17, 15) is 0 Å². The molecule has 0 fully saturated rings. The first-order valence-corrected chi connectivity index (χ1v) is 6.83. The minimum absolute atomic E-state index is 0.0802. The number of hydrogen-bond donors (Lipinski definition) is 2. The van der Waals surface area contributed by atoms with Crippen LogP contribution in [0.15, 0.2) is 24.3 Å². The Hall–Kier alpha value is -1.06. The maximum absolute atomic E-state index is 9.02. The molecule has 0 spiro atoms. The van der Waals surface area contributed by atoms with E-state index in [-0.39, 0.29) is 12.6 Å². The molecule has 0 amide bonds. The lowest BCUT2D eigenvalue weighted by Gasteiger charge is -2.32. The molecule has 0 saturated carbocycles. The van der Waals surface area contributed by atoms with Crippen molar-refractivity contribution in [1.29, 1.82) is 0 Å². The van der Waals surface area contributed by atoms with Crippen LogP contribution in [0.5, 0.6) is 0 Å². The summed E-state index contributed by atoms with van der Waals surface area (Å²) >= 11 is 0. The summed E-state index contributed by atoms with van der Waals surface area (Å²) in [4.78, 5) is 2.32. The largest absolute Gasteiger partial charge is 0.396 e. The number of para-hydroxylation sites is 1. The third-order valence-corrected chi connectivity index (χ3v) is 3.27. The van der Waals surface area contributed by atoms with Gasteiger partial charge in [0.05, 0.1) is 0 Å². The number of nitrogens with zero attached hydrogens (tertiary/aromatic N) is 1. The highest BCUT2D eigenvalue weighted by molar-refractivity contribution is 5.55. The van der Waals surface area contributed by atoms with Gasteiger partial charge in [0.1, 0.15) is 0 Å². The van der Waals surface area contributed by atoms with Crippen molar-refractivity contribution >= 4 is 5.69 Å². The summed E-state index contributed by atoms with van der Waals surface area (Å²) in [5.74, 6) is 0. The normalized spacial score (nSPS) is 12.8. The van der Waals surface area contributed by atoms with E-state index in [1.165, 1.54) is 11.3 Å². The Morgan fingerprint density at radius 2 is 1.94 bits per heavy atom. The molecule has 0 unspecified atom stereocenters. The molecule has 0 aliphatic heterocycles. The highest BCUT2D eigenvalue weighted by Crippen LogP contribution is 2.28. The number of nitrogens with two attached hydrogens (primary N) is 1. The zero-order chi connectivity index (χ0) is 13.5. The zero-order valence-corrected chi connectivity index (χ0v) is 11.8. The van der Waals surface area contributed by atoms with Gasteiger partial charge in [0.15, 0.2) is 0 Å². The highest BCUT2D eigenvalue weighted by atomic mass is 16.3. The maximum Gasteiger partial charge on any atom is 0.0447 e. The van der Waals surface area contributed by atoms with Crippen LogP contribution >= 0.6 is 0 Å². The topological polar surface area (TPSA) is 49.5 Å². The van der Waals surface area contributed by atoms with Crippen LogP contribution in [0.3, 0.4) is 0 Å². The summed E-state index contributed by atoms with van der Waals surface area (Å²) in [7, 11) is 0. The molecule has 102 valence electrons. The van der Waals surface area contributed by atoms with Gasteiger partial charge in [-0.2, -0.15) is 0 Å². The van der Waals surface area contributed by atoms with Gasteiger partial charge >= 0.3 is 0 Å². The molecule has 1 atom stereocenters. The Balaban J connectivity index is 3.03. The van der Waals surface area contributed by atoms with E-state index in [0.29, 0.717) is 6.04 Å². The van der Waals surface area contributed by atoms with Gasteiger partial charge in [-0.25, -0.2) is 0 Å². The molecule has 0 aliphatic rings. The molecule has 3 N–H and O–H groups in total. The highest BCUT2D eigenvalue weighted by Gasteiger charge is 2.16. The fourth-order valence-corrected chi connectivity index (χ4v) is 2.18. The average Bonchev–Trinajstić information content (AvgIpc) is 2.38. The van der Waals surface area contributed by atoms with E-state index in [2.05, 4.69) is 43.9 Å². The second-order valence-electron chi connectivity index (χ2n) is 4.94. The number of hydrogen-bond acceptors (Lipinski definition) is 3. The van der Waals surface area contributed by atoms with Crippen LogP contribution in [-0.4, -0.2) is 24.3 Å². The molecule has 0 saturated heterocycles. The first kappa shape index (κ1) is 15.0. The molecule has 0 aliphatic carbocycles. The second kappa shape index (κ2) is 7.39. The number of benzene rings is 1. The molecule has 3 heteroatoms. The first-order valence-electron chi connectivity index (χ1n) is 6.83. The van der Waals surface area contributed by atoms with Gasteiger partial charge in [-0.1, -0.05) is 25.1 Å². The van der Waals surface area contributed by atoms with E-state index in [4.69, 9.17) is 10.8 Å². The van der Waals surface area contributed by atoms with Crippen LogP contribution in [-0.2, 0) is 0 Å². The number of aliphatic hydroxyl groups excluding tert-OH is 1. The minimum Gasteiger partial charge on any atom is -0.396 e. The Morgan fingerprint density at radius 1 is 1.28 bits per heavy atom. The Morgan fingerprint density at radius 3 is 2.50 bits per heavy atom. The van der Waals surface area contributed by atoms with E-state index >= 15 is 0 Å². The van der Waals surface area contributed by atoms with Crippen molar-refractivity contribution in [2.24, 2.45) is 5.73 Å². The van der Waals surface area contributed by atoms with Crippen LogP contribution < -0.4 is 10.6 Å². The lowest BCUT2D eigenvalue weighted by Crippen LogP contribution is -2.33. The molecule has 1 rings (SSSR count). The van der Waals surface area contributed by atoms with Crippen molar-refractivity contribution in [3.8, 4) is 0 Å². The minimum atomic E-state index is 0.0802. The van der Waals surface area contributed by atoms with Gasteiger partial charge < -0.3 is 15.7 Å². The van der Waals surface area contributed by atoms with E-state index < -0.39 is 0 Å². The third kappa shape index (κ3) is 3.72. The fraction of sp³-hybridized carbons (Fsp3) is 0.600. The summed E-state index contributed by atoms with van der Waals surface area (Å²) in [5, 5.41) is 9.02.